The molecule has 0 saturated carbocycles. The highest BCUT2D eigenvalue weighted by molar-refractivity contribution is 5.76. The number of hydrogen-bond acceptors (Lipinski definition) is 4. The fourth-order valence-electron chi connectivity index (χ4n) is 1.03. The number of ether oxygens (including phenoxy) is 1. The lowest BCUT2D eigenvalue weighted by Gasteiger charge is -2.08. The highest BCUT2D eigenvalue weighted by atomic mass is 16.5. The molecule has 15 heavy (non-hydrogen) atoms. The molecular formula is C10H20N2O3. The van der Waals surface area contributed by atoms with Crippen LogP contribution in [0.3, 0.4) is 0 Å². The Labute approximate surface area is 90.4 Å². The minimum Gasteiger partial charge on any atom is -0.469 e. The summed E-state index contributed by atoms with van der Waals surface area (Å²) >= 11 is 0. The summed E-state index contributed by atoms with van der Waals surface area (Å²) in [6.07, 6.45) is 1.38. The van der Waals surface area contributed by atoms with Crippen molar-refractivity contribution in [2.75, 3.05) is 20.2 Å². The quantitative estimate of drug-likeness (QED) is 0.465. The molecule has 0 radical (unpaired) electrons. The molecule has 0 aromatic carbocycles. The Morgan fingerprint density at radius 3 is 2.67 bits per heavy atom. The largest absolute Gasteiger partial charge is 0.469 e. The van der Waals surface area contributed by atoms with Gasteiger partial charge in [0.2, 0.25) is 5.91 Å². The van der Waals surface area contributed by atoms with Gasteiger partial charge in [-0.15, -0.1) is 0 Å². The topological polar surface area (TPSA) is 81.4 Å². The third-order valence-corrected chi connectivity index (χ3v) is 2.04. The summed E-state index contributed by atoms with van der Waals surface area (Å²) in [4.78, 5) is 22.0. The van der Waals surface area contributed by atoms with Gasteiger partial charge in [-0.2, -0.15) is 0 Å². The molecule has 0 bridgehead atoms. The molecule has 0 fully saturated rings. The van der Waals surface area contributed by atoms with E-state index in [1.807, 2.05) is 6.92 Å². The lowest BCUT2D eigenvalue weighted by molar-refractivity contribution is -0.140. The highest BCUT2D eigenvalue weighted by Gasteiger charge is 2.07. The van der Waals surface area contributed by atoms with Crippen molar-refractivity contribution in [1.29, 1.82) is 0 Å². The van der Waals surface area contributed by atoms with E-state index in [-0.39, 0.29) is 17.8 Å². The maximum atomic E-state index is 11.2. The van der Waals surface area contributed by atoms with E-state index in [2.05, 4.69) is 10.1 Å². The summed E-state index contributed by atoms with van der Waals surface area (Å²) in [6.45, 7) is 2.94. The normalized spacial score (nSPS) is 11.9. The summed E-state index contributed by atoms with van der Waals surface area (Å²) < 4.78 is 4.47. The van der Waals surface area contributed by atoms with Crippen molar-refractivity contribution in [2.45, 2.75) is 26.2 Å². The van der Waals surface area contributed by atoms with Crippen LogP contribution >= 0.6 is 0 Å². The number of rotatable bonds is 7. The first-order valence-electron chi connectivity index (χ1n) is 5.13. The Morgan fingerprint density at radius 1 is 1.47 bits per heavy atom. The van der Waals surface area contributed by atoms with Crippen LogP contribution in [0.5, 0.6) is 0 Å². The van der Waals surface area contributed by atoms with Crippen molar-refractivity contribution >= 4 is 11.9 Å². The summed E-state index contributed by atoms with van der Waals surface area (Å²) in [5.74, 6) is -0.0667. The van der Waals surface area contributed by atoms with E-state index in [9.17, 15) is 9.59 Å². The van der Waals surface area contributed by atoms with Gasteiger partial charge in [0, 0.05) is 19.4 Å². The van der Waals surface area contributed by atoms with Gasteiger partial charge in [0.25, 0.3) is 0 Å². The zero-order valence-electron chi connectivity index (χ0n) is 9.41. The second kappa shape index (κ2) is 8.23. The number of carbonyl (C=O) groups is 2. The number of hydrogen-bond donors (Lipinski definition) is 2. The molecular weight excluding hydrogens is 196 g/mol. The zero-order chi connectivity index (χ0) is 11.7. The van der Waals surface area contributed by atoms with Crippen LogP contribution in [0.15, 0.2) is 0 Å². The van der Waals surface area contributed by atoms with E-state index in [1.54, 1.807) is 0 Å². The Kier molecular flexibility index (Phi) is 7.62. The molecule has 0 saturated heterocycles. The van der Waals surface area contributed by atoms with Gasteiger partial charge in [-0.05, 0) is 18.9 Å². The number of nitrogens with one attached hydrogen (secondary N) is 1. The molecule has 0 rings (SSSR count). The number of amides is 1. The van der Waals surface area contributed by atoms with Crippen molar-refractivity contribution in [1.82, 2.24) is 5.32 Å². The van der Waals surface area contributed by atoms with E-state index in [4.69, 9.17) is 5.73 Å². The molecule has 0 aliphatic heterocycles. The predicted octanol–water partition coefficient (Wildman–Crippen LogP) is 0.0407. The van der Waals surface area contributed by atoms with Crippen LogP contribution in [-0.4, -0.2) is 32.1 Å². The van der Waals surface area contributed by atoms with E-state index >= 15 is 0 Å². The van der Waals surface area contributed by atoms with Crippen molar-refractivity contribution in [3.8, 4) is 0 Å². The van der Waals surface area contributed by atoms with Crippen LogP contribution in [0.4, 0.5) is 0 Å². The first-order chi connectivity index (χ1) is 7.10. The summed E-state index contributed by atoms with van der Waals surface area (Å²) in [5.41, 5.74) is 5.39. The maximum Gasteiger partial charge on any atom is 0.305 e. The molecule has 1 unspecified atom stereocenters. The fourth-order valence-corrected chi connectivity index (χ4v) is 1.03. The third kappa shape index (κ3) is 7.93. The van der Waals surface area contributed by atoms with Crippen LogP contribution in [-0.2, 0) is 14.3 Å². The summed E-state index contributed by atoms with van der Waals surface area (Å²) in [6, 6.07) is 0. The average molecular weight is 216 g/mol. The molecule has 0 aliphatic rings. The Morgan fingerprint density at radius 2 is 2.13 bits per heavy atom. The molecule has 0 heterocycles. The van der Waals surface area contributed by atoms with Crippen LogP contribution in [0, 0.1) is 5.92 Å². The molecule has 0 aromatic heterocycles. The minimum atomic E-state index is -0.250. The highest BCUT2D eigenvalue weighted by Crippen LogP contribution is 1.98. The van der Waals surface area contributed by atoms with Gasteiger partial charge in [0.15, 0.2) is 0 Å². The maximum absolute atomic E-state index is 11.2. The summed E-state index contributed by atoms with van der Waals surface area (Å²) in [5, 5.41) is 2.73. The molecule has 0 aliphatic carbocycles. The van der Waals surface area contributed by atoms with Gasteiger partial charge >= 0.3 is 5.97 Å². The summed E-state index contributed by atoms with van der Waals surface area (Å²) in [7, 11) is 1.35. The Bertz CT molecular complexity index is 207. The van der Waals surface area contributed by atoms with Crippen molar-refractivity contribution in [2.24, 2.45) is 11.7 Å². The molecule has 1 amide bonds. The van der Waals surface area contributed by atoms with Crippen molar-refractivity contribution in [3.63, 3.8) is 0 Å². The van der Waals surface area contributed by atoms with E-state index in [0.717, 1.165) is 0 Å². The molecule has 0 aromatic rings. The molecule has 5 nitrogen and oxygen atoms in total. The van der Waals surface area contributed by atoms with Crippen LogP contribution in [0.1, 0.15) is 26.2 Å². The molecule has 0 spiro atoms. The molecule has 88 valence electrons. The molecule has 5 heteroatoms. The SMILES string of the molecule is COC(=O)CCCNC(=O)CC(C)CN. The van der Waals surface area contributed by atoms with E-state index in [1.165, 1.54) is 7.11 Å². The number of methoxy groups -OCH3 is 1. The Hall–Kier alpha value is -1.10. The fraction of sp³-hybridized carbons (Fsp3) is 0.800. The second-order valence-electron chi connectivity index (χ2n) is 3.57. The van der Waals surface area contributed by atoms with Gasteiger partial charge in [0.05, 0.1) is 7.11 Å². The van der Waals surface area contributed by atoms with E-state index < -0.39 is 0 Å². The standard InChI is InChI=1S/C10H20N2O3/c1-8(7-11)6-9(13)12-5-3-4-10(14)15-2/h8H,3-7,11H2,1-2H3,(H,12,13). The number of carbonyl (C=O) groups excluding carboxylic acids is 2. The van der Waals surface area contributed by atoms with Crippen molar-refractivity contribution in [3.05, 3.63) is 0 Å². The number of esters is 1. The zero-order valence-corrected chi connectivity index (χ0v) is 9.41. The van der Waals surface area contributed by atoms with Crippen LogP contribution in [0.2, 0.25) is 0 Å². The van der Waals surface area contributed by atoms with Gasteiger partial charge in [-0.3, -0.25) is 9.59 Å². The third-order valence-electron chi connectivity index (χ3n) is 2.04. The predicted molar refractivity (Wildman–Crippen MR) is 57.1 cm³/mol. The first kappa shape index (κ1) is 13.9. The van der Waals surface area contributed by atoms with Gasteiger partial charge in [-0.1, -0.05) is 6.92 Å². The van der Waals surface area contributed by atoms with Gasteiger partial charge in [0.1, 0.15) is 0 Å². The van der Waals surface area contributed by atoms with Crippen LogP contribution < -0.4 is 11.1 Å². The van der Waals surface area contributed by atoms with Gasteiger partial charge in [-0.25, -0.2) is 0 Å². The van der Waals surface area contributed by atoms with Crippen LogP contribution in [0.25, 0.3) is 0 Å². The minimum absolute atomic E-state index is 0.0159. The average Bonchev–Trinajstić information content (AvgIpc) is 2.23. The van der Waals surface area contributed by atoms with E-state index in [0.29, 0.717) is 32.4 Å². The Balaban J connectivity index is 3.43. The monoisotopic (exact) mass is 216 g/mol. The van der Waals surface area contributed by atoms with Crippen molar-refractivity contribution < 1.29 is 14.3 Å². The smallest absolute Gasteiger partial charge is 0.305 e. The number of nitrogens with two attached hydrogens (primary N) is 1. The first-order valence-corrected chi connectivity index (χ1v) is 5.13. The van der Waals surface area contributed by atoms with Gasteiger partial charge < -0.3 is 15.8 Å². The molecule has 3 N–H and O–H groups in total. The lowest BCUT2D eigenvalue weighted by atomic mass is 10.1. The lowest BCUT2D eigenvalue weighted by Crippen LogP contribution is -2.28. The second-order valence-corrected chi connectivity index (χ2v) is 3.57. The molecule has 1 atom stereocenters.